The van der Waals surface area contributed by atoms with Gasteiger partial charge in [-0.05, 0) is 25.0 Å². The Hall–Kier alpha value is -0.730. The monoisotopic (exact) mass is 337 g/mol. The lowest BCUT2D eigenvalue weighted by Gasteiger charge is -2.22. The molecular weight excluding hydrogens is 321 g/mol. The smallest absolute Gasteiger partial charge is 0.246 e. The number of methoxy groups -OCH3 is 1. The lowest BCUT2D eigenvalue weighted by Crippen LogP contribution is -2.36. The molecule has 0 atom stereocenters. The van der Waals surface area contributed by atoms with E-state index >= 15 is 0 Å². The Bertz CT molecular complexity index is 619. The second kappa shape index (κ2) is 6.58. The number of benzene rings is 1. The van der Waals surface area contributed by atoms with Crippen molar-refractivity contribution in [1.29, 1.82) is 0 Å². The maximum Gasteiger partial charge on any atom is 0.246 e. The third kappa shape index (κ3) is 3.54. The Morgan fingerprint density at radius 2 is 2.14 bits per heavy atom. The van der Waals surface area contributed by atoms with Crippen molar-refractivity contribution in [3.8, 4) is 0 Å². The fourth-order valence-electron chi connectivity index (χ4n) is 2.09. The van der Waals surface area contributed by atoms with Gasteiger partial charge in [-0.2, -0.15) is 4.31 Å². The van der Waals surface area contributed by atoms with Gasteiger partial charge in [-0.1, -0.05) is 11.6 Å². The van der Waals surface area contributed by atoms with Crippen LogP contribution in [-0.2, 0) is 21.4 Å². The molecule has 1 fully saturated rings. The molecule has 1 aromatic carbocycles. The fourth-order valence-corrected chi connectivity index (χ4v) is 4.20. The number of rotatable bonds is 7. The second-order valence-electron chi connectivity index (χ2n) is 4.87. The van der Waals surface area contributed by atoms with Crippen LogP contribution in [0.15, 0.2) is 17.0 Å². The van der Waals surface area contributed by atoms with E-state index in [2.05, 4.69) is 0 Å². The standard InChI is InChI=1S/C13H17ClFNO4S/c1-20-5-4-16(11-2-3-11)21(18,19)12-7-10(14)6-9(8-17)13(12)15/h6-7,11,17H,2-5,8H2,1H3. The van der Waals surface area contributed by atoms with Gasteiger partial charge < -0.3 is 9.84 Å². The third-order valence-corrected chi connectivity index (χ3v) is 5.48. The van der Waals surface area contributed by atoms with Gasteiger partial charge >= 0.3 is 0 Å². The van der Waals surface area contributed by atoms with E-state index in [1.807, 2.05) is 0 Å². The van der Waals surface area contributed by atoms with Gasteiger partial charge in [-0.15, -0.1) is 0 Å². The number of halogens is 2. The summed E-state index contributed by atoms with van der Waals surface area (Å²) in [5.74, 6) is -0.954. The predicted molar refractivity (Wildman–Crippen MR) is 76.1 cm³/mol. The molecule has 0 heterocycles. The van der Waals surface area contributed by atoms with E-state index in [4.69, 9.17) is 21.4 Å². The first-order valence-corrected chi connectivity index (χ1v) is 8.33. The van der Waals surface area contributed by atoms with E-state index in [1.54, 1.807) is 0 Å². The summed E-state index contributed by atoms with van der Waals surface area (Å²) in [6.07, 6.45) is 1.50. The molecule has 1 aliphatic rings. The molecule has 0 radical (unpaired) electrons. The second-order valence-corrected chi connectivity index (χ2v) is 7.17. The molecule has 0 bridgehead atoms. The van der Waals surface area contributed by atoms with Crippen molar-refractivity contribution in [2.45, 2.75) is 30.4 Å². The number of ether oxygens (including phenoxy) is 1. The average molecular weight is 338 g/mol. The quantitative estimate of drug-likeness (QED) is 0.823. The number of aliphatic hydroxyl groups excluding tert-OH is 1. The highest BCUT2D eigenvalue weighted by Crippen LogP contribution is 2.34. The summed E-state index contributed by atoms with van der Waals surface area (Å²) in [6.45, 7) is -0.231. The zero-order valence-corrected chi connectivity index (χ0v) is 13.1. The highest BCUT2D eigenvalue weighted by molar-refractivity contribution is 7.89. The van der Waals surface area contributed by atoms with Gasteiger partial charge in [0, 0.05) is 30.3 Å². The zero-order chi connectivity index (χ0) is 15.6. The van der Waals surface area contributed by atoms with E-state index < -0.39 is 27.3 Å². The number of aliphatic hydroxyl groups is 1. The molecule has 1 N–H and O–H groups in total. The van der Waals surface area contributed by atoms with Crippen LogP contribution in [0.5, 0.6) is 0 Å². The molecule has 118 valence electrons. The molecule has 1 saturated carbocycles. The number of hydrogen-bond acceptors (Lipinski definition) is 4. The number of sulfonamides is 1. The molecule has 8 heteroatoms. The summed E-state index contributed by atoms with van der Waals surface area (Å²) in [5.41, 5.74) is -0.136. The Morgan fingerprint density at radius 3 is 2.67 bits per heavy atom. The molecule has 21 heavy (non-hydrogen) atoms. The van der Waals surface area contributed by atoms with Gasteiger partial charge in [0.25, 0.3) is 0 Å². The summed E-state index contributed by atoms with van der Waals surface area (Å²) in [5, 5.41) is 9.18. The molecule has 0 aromatic heterocycles. The van der Waals surface area contributed by atoms with Gasteiger partial charge in [0.05, 0.1) is 13.2 Å². The van der Waals surface area contributed by atoms with E-state index in [0.717, 1.165) is 18.9 Å². The van der Waals surface area contributed by atoms with Crippen LogP contribution in [-0.4, -0.2) is 44.1 Å². The summed E-state index contributed by atoms with van der Waals surface area (Å²) >= 11 is 5.83. The van der Waals surface area contributed by atoms with Gasteiger partial charge in [-0.25, -0.2) is 12.8 Å². The maximum absolute atomic E-state index is 14.3. The van der Waals surface area contributed by atoms with E-state index in [0.29, 0.717) is 0 Å². The molecule has 0 saturated heterocycles. The molecule has 5 nitrogen and oxygen atoms in total. The van der Waals surface area contributed by atoms with Crippen molar-refractivity contribution in [1.82, 2.24) is 4.31 Å². The van der Waals surface area contributed by atoms with Crippen molar-refractivity contribution in [3.05, 3.63) is 28.5 Å². The molecule has 0 spiro atoms. The predicted octanol–water partition coefficient (Wildman–Crippen LogP) is 1.77. The van der Waals surface area contributed by atoms with Crippen LogP contribution in [0.1, 0.15) is 18.4 Å². The summed E-state index contributed by atoms with van der Waals surface area (Å²) < 4.78 is 45.7. The number of nitrogens with zero attached hydrogens (tertiary/aromatic N) is 1. The van der Waals surface area contributed by atoms with Gasteiger partial charge in [-0.3, -0.25) is 0 Å². The van der Waals surface area contributed by atoms with Crippen molar-refractivity contribution in [3.63, 3.8) is 0 Å². The first-order valence-electron chi connectivity index (χ1n) is 6.51. The molecule has 0 amide bonds. The lowest BCUT2D eigenvalue weighted by atomic mass is 10.2. The van der Waals surface area contributed by atoms with Gasteiger partial charge in [0.1, 0.15) is 10.7 Å². The molecule has 1 aromatic rings. The Labute approximate surface area is 128 Å². The molecule has 2 rings (SSSR count). The minimum absolute atomic E-state index is 0.0708. The van der Waals surface area contributed by atoms with Crippen LogP contribution in [0.3, 0.4) is 0 Å². The van der Waals surface area contributed by atoms with Crippen molar-refractivity contribution in [2.75, 3.05) is 20.3 Å². The Kier molecular flexibility index (Phi) is 5.21. The molecular formula is C13H17ClFNO4S. The van der Waals surface area contributed by atoms with Crippen LogP contribution < -0.4 is 0 Å². The van der Waals surface area contributed by atoms with E-state index in [-0.39, 0.29) is 29.8 Å². The lowest BCUT2D eigenvalue weighted by molar-refractivity contribution is 0.177. The van der Waals surface area contributed by atoms with Gasteiger partial charge in [0.15, 0.2) is 0 Å². The van der Waals surface area contributed by atoms with Crippen LogP contribution in [0.25, 0.3) is 0 Å². The topological polar surface area (TPSA) is 66.8 Å². The maximum atomic E-state index is 14.3. The summed E-state index contributed by atoms with van der Waals surface area (Å²) in [4.78, 5) is -0.498. The highest BCUT2D eigenvalue weighted by atomic mass is 35.5. The van der Waals surface area contributed by atoms with Crippen molar-refractivity contribution >= 4 is 21.6 Å². The fraction of sp³-hybridized carbons (Fsp3) is 0.538. The number of hydrogen-bond donors (Lipinski definition) is 1. The third-order valence-electron chi connectivity index (χ3n) is 3.31. The first-order chi connectivity index (χ1) is 9.91. The first kappa shape index (κ1) is 16.6. The largest absolute Gasteiger partial charge is 0.392 e. The molecule has 0 unspecified atom stereocenters. The van der Waals surface area contributed by atoms with Crippen molar-refractivity contribution in [2.24, 2.45) is 0 Å². The zero-order valence-electron chi connectivity index (χ0n) is 11.6. The average Bonchev–Trinajstić information content (AvgIpc) is 3.25. The normalized spacial score (nSPS) is 15.7. The SMILES string of the molecule is COCCN(C1CC1)S(=O)(=O)c1cc(Cl)cc(CO)c1F. The Morgan fingerprint density at radius 1 is 1.48 bits per heavy atom. The van der Waals surface area contributed by atoms with Crippen LogP contribution >= 0.6 is 11.6 Å². The molecule has 1 aliphatic carbocycles. The minimum Gasteiger partial charge on any atom is -0.392 e. The van der Waals surface area contributed by atoms with E-state index in [1.165, 1.54) is 17.5 Å². The van der Waals surface area contributed by atoms with Crippen LogP contribution in [0.2, 0.25) is 5.02 Å². The van der Waals surface area contributed by atoms with Crippen LogP contribution in [0, 0.1) is 5.82 Å². The van der Waals surface area contributed by atoms with Crippen LogP contribution in [0.4, 0.5) is 4.39 Å². The Balaban J connectivity index is 2.44. The van der Waals surface area contributed by atoms with Gasteiger partial charge in [0.2, 0.25) is 10.0 Å². The van der Waals surface area contributed by atoms with Crippen molar-refractivity contribution < 1.29 is 22.7 Å². The summed E-state index contributed by atoms with van der Waals surface area (Å²) in [7, 11) is -2.54. The van der Waals surface area contributed by atoms with E-state index in [9.17, 15) is 12.8 Å². The molecule has 0 aliphatic heterocycles. The minimum atomic E-state index is -4.01. The highest BCUT2D eigenvalue weighted by Gasteiger charge is 2.39. The summed E-state index contributed by atoms with van der Waals surface area (Å²) in [6, 6.07) is 2.17.